The number of nitrogens with two attached hydrogens (primary N) is 1. The molecule has 3 N–H and O–H groups in total. The zero-order valence-electron chi connectivity index (χ0n) is 18.8. The molecule has 0 radical (unpaired) electrons. The summed E-state index contributed by atoms with van der Waals surface area (Å²) in [6, 6.07) is 8.34. The van der Waals surface area contributed by atoms with E-state index in [1.54, 1.807) is 6.92 Å². The third-order valence-electron chi connectivity index (χ3n) is 6.25. The van der Waals surface area contributed by atoms with Gasteiger partial charge in [0.15, 0.2) is 6.10 Å². The van der Waals surface area contributed by atoms with Gasteiger partial charge < -0.3 is 25.4 Å². The Kier molecular flexibility index (Phi) is 8.90. The zero-order valence-corrected chi connectivity index (χ0v) is 18.8. The Balaban J connectivity index is 1.68. The molecular formula is C24H35N3O5. The summed E-state index contributed by atoms with van der Waals surface area (Å²) in [5, 5.41) is 3.03. The summed E-state index contributed by atoms with van der Waals surface area (Å²) >= 11 is 0. The first-order valence-electron chi connectivity index (χ1n) is 11.7. The molecule has 1 saturated carbocycles. The van der Waals surface area contributed by atoms with Gasteiger partial charge in [-0.15, -0.1) is 0 Å². The van der Waals surface area contributed by atoms with Crippen LogP contribution in [0.3, 0.4) is 0 Å². The number of rotatable bonds is 8. The normalized spacial score (nSPS) is 22.2. The van der Waals surface area contributed by atoms with Gasteiger partial charge in [-0.25, -0.2) is 4.79 Å². The van der Waals surface area contributed by atoms with Crippen LogP contribution in [-0.2, 0) is 25.5 Å². The molecule has 1 aromatic rings. The van der Waals surface area contributed by atoms with Crippen LogP contribution in [0, 0.1) is 5.92 Å². The number of hydrogen-bond acceptors (Lipinski definition) is 6. The molecule has 3 atom stereocenters. The molecule has 0 bridgehead atoms. The molecule has 1 aliphatic carbocycles. The average molecular weight is 446 g/mol. The molecule has 2 aliphatic rings. The molecule has 0 aromatic heterocycles. The summed E-state index contributed by atoms with van der Waals surface area (Å²) in [4.78, 5) is 39.8. The highest BCUT2D eigenvalue weighted by Gasteiger charge is 2.41. The van der Waals surface area contributed by atoms with Crippen molar-refractivity contribution in [1.29, 1.82) is 0 Å². The topological polar surface area (TPSA) is 111 Å². The van der Waals surface area contributed by atoms with E-state index in [-0.39, 0.29) is 31.5 Å². The van der Waals surface area contributed by atoms with E-state index in [9.17, 15) is 14.4 Å². The highest BCUT2D eigenvalue weighted by molar-refractivity contribution is 5.91. The number of nitrogens with one attached hydrogen (secondary N) is 1. The SMILES string of the molecule is CCOC(=O)O[C@H](Cc1ccccc1)C(=O)N1C[C@H](N)C[C@H]1C(=O)NCC1CCCCC1. The van der Waals surface area contributed by atoms with E-state index in [4.69, 9.17) is 15.2 Å². The van der Waals surface area contributed by atoms with Crippen LogP contribution in [0.1, 0.15) is 51.0 Å². The molecule has 3 rings (SSSR count). The highest BCUT2D eigenvalue weighted by atomic mass is 16.7. The van der Waals surface area contributed by atoms with Gasteiger partial charge in [-0.1, -0.05) is 49.6 Å². The molecule has 1 aliphatic heterocycles. The Morgan fingerprint density at radius 3 is 2.56 bits per heavy atom. The summed E-state index contributed by atoms with van der Waals surface area (Å²) < 4.78 is 10.3. The predicted octanol–water partition coefficient (Wildman–Crippen LogP) is 2.40. The third-order valence-corrected chi connectivity index (χ3v) is 6.25. The van der Waals surface area contributed by atoms with Gasteiger partial charge in [0.1, 0.15) is 6.04 Å². The maximum atomic E-state index is 13.4. The first-order valence-corrected chi connectivity index (χ1v) is 11.7. The summed E-state index contributed by atoms with van der Waals surface area (Å²) in [5.74, 6) is -0.121. The largest absolute Gasteiger partial charge is 0.509 e. The van der Waals surface area contributed by atoms with Crippen molar-refractivity contribution >= 4 is 18.0 Å². The molecule has 1 saturated heterocycles. The molecule has 0 spiro atoms. The van der Waals surface area contributed by atoms with Crippen molar-refractivity contribution in [2.24, 2.45) is 11.7 Å². The molecule has 176 valence electrons. The van der Waals surface area contributed by atoms with E-state index in [0.29, 0.717) is 18.9 Å². The van der Waals surface area contributed by atoms with Crippen LogP contribution in [0.2, 0.25) is 0 Å². The first-order chi connectivity index (χ1) is 15.5. The third kappa shape index (κ3) is 6.69. The molecular weight excluding hydrogens is 410 g/mol. The molecule has 1 aromatic carbocycles. The van der Waals surface area contributed by atoms with E-state index < -0.39 is 24.2 Å². The Morgan fingerprint density at radius 2 is 1.88 bits per heavy atom. The average Bonchev–Trinajstić information content (AvgIpc) is 3.20. The fourth-order valence-corrected chi connectivity index (χ4v) is 4.58. The fraction of sp³-hybridized carbons (Fsp3) is 0.625. The van der Waals surface area contributed by atoms with E-state index in [1.807, 2.05) is 30.3 Å². The highest BCUT2D eigenvalue weighted by Crippen LogP contribution is 2.24. The van der Waals surface area contributed by atoms with E-state index >= 15 is 0 Å². The molecule has 1 heterocycles. The summed E-state index contributed by atoms with van der Waals surface area (Å²) in [7, 11) is 0. The number of likely N-dealkylation sites (tertiary alicyclic amines) is 1. The second-order valence-electron chi connectivity index (χ2n) is 8.73. The number of hydrogen-bond donors (Lipinski definition) is 2. The van der Waals surface area contributed by atoms with E-state index in [2.05, 4.69) is 5.32 Å². The van der Waals surface area contributed by atoms with Crippen LogP contribution < -0.4 is 11.1 Å². The van der Waals surface area contributed by atoms with Gasteiger partial charge in [0.25, 0.3) is 5.91 Å². The molecule has 0 unspecified atom stereocenters. The summed E-state index contributed by atoms with van der Waals surface area (Å²) in [6.07, 6.45) is 4.50. The van der Waals surface area contributed by atoms with Crippen LogP contribution in [0.25, 0.3) is 0 Å². The van der Waals surface area contributed by atoms with Crippen molar-refractivity contribution in [3.05, 3.63) is 35.9 Å². The Bertz CT molecular complexity index is 766. The molecule has 2 amide bonds. The Morgan fingerprint density at radius 1 is 1.16 bits per heavy atom. The lowest BCUT2D eigenvalue weighted by Crippen LogP contribution is -2.51. The summed E-state index contributed by atoms with van der Waals surface area (Å²) in [5.41, 5.74) is 6.97. The lowest BCUT2D eigenvalue weighted by Gasteiger charge is -2.29. The van der Waals surface area contributed by atoms with Crippen molar-refractivity contribution in [3.8, 4) is 0 Å². The van der Waals surface area contributed by atoms with Crippen LogP contribution in [0.5, 0.6) is 0 Å². The molecule has 2 fully saturated rings. The maximum absolute atomic E-state index is 13.4. The fourth-order valence-electron chi connectivity index (χ4n) is 4.58. The number of benzene rings is 1. The predicted molar refractivity (Wildman–Crippen MR) is 120 cm³/mol. The number of carbonyl (C=O) groups is 3. The molecule has 32 heavy (non-hydrogen) atoms. The Labute approximate surface area is 189 Å². The van der Waals surface area contributed by atoms with Gasteiger partial charge >= 0.3 is 6.16 Å². The van der Waals surface area contributed by atoms with Crippen LogP contribution in [0.4, 0.5) is 4.79 Å². The van der Waals surface area contributed by atoms with Gasteiger partial charge in [0, 0.05) is 25.6 Å². The van der Waals surface area contributed by atoms with E-state index in [1.165, 1.54) is 24.2 Å². The maximum Gasteiger partial charge on any atom is 0.509 e. The smallest absolute Gasteiger partial charge is 0.435 e. The van der Waals surface area contributed by atoms with E-state index in [0.717, 1.165) is 18.4 Å². The van der Waals surface area contributed by atoms with Crippen LogP contribution >= 0.6 is 0 Å². The lowest BCUT2D eigenvalue weighted by atomic mass is 9.89. The van der Waals surface area contributed by atoms with Gasteiger partial charge in [-0.2, -0.15) is 0 Å². The minimum atomic E-state index is -1.09. The van der Waals surface area contributed by atoms with Gasteiger partial charge in [0.2, 0.25) is 5.91 Å². The minimum absolute atomic E-state index is 0.145. The number of amides is 2. The zero-order chi connectivity index (χ0) is 22.9. The summed E-state index contributed by atoms with van der Waals surface area (Å²) in [6.45, 7) is 2.69. The van der Waals surface area contributed by atoms with Gasteiger partial charge in [0.05, 0.1) is 6.61 Å². The van der Waals surface area contributed by atoms with Gasteiger partial charge in [-0.3, -0.25) is 9.59 Å². The lowest BCUT2D eigenvalue weighted by molar-refractivity contribution is -0.146. The Hall–Kier alpha value is -2.61. The minimum Gasteiger partial charge on any atom is -0.435 e. The number of ether oxygens (including phenoxy) is 2. The number of carbonyl (C=O) groups excluding carboxylic acids is 3. The monoisotopic (exact) mass is 445 g/mol. The number of nitrogens with zero attached hydrogens (tertiary/aromatic N) is 1. The van der Waals surface area contributed by atoms with Crippen LogP contribution in [0.15, 0.2) is 30.3 Å². The first kappa shape index (κ1) is 24.0. The second-order valence-corrected chi connectivity index (χ2v) is 8.73. The standard InChI is InChI=1S/C24H35N3O5/c1-2-31-24(30)32-21(13-17-9-5-3-6-10-17)23(29)27-16-19(25)14-20(27)22(28)26-15-18-11-7-4-8-12-18/h3,5-6,9-10,18-21H,2,4,7-8,11-16,25H2,1H3,(H,26,28)/t19-,20+,21-/m1/s1. The van der Waals surface area contributed by atoms with Crippen molar-refractivity contribution in [1.82, 2.24) is 10.2 Å². The second kappa shape index (κ2) is 11.9. The van der Waals surface area contributed by atoms with Crippen LogP contribution in [-0.4, -0.2) is 60.8 Å². The van der Waals surface area contributed by atoms with Gasteiger partial charge in [-0.05, 0) is 37.7 Å². The van der Waals surface area contributed by atoms with Crippen molar-refractivity contribution in [2.45, 2.75) is 70.1 Å². The quantitative estimate of drug-likeness (QED) is 0.595. The van der Waals surface area contributed by atoms with Crippen molar-refractivity contribution in [2.75, 3.05) is 19.7 Å². The molecule has 8 nitrogen and oxygen atoms in total. The molecule has 8 heteroatoms. The van der Waals surface area contributed by atoms with Crippen molar-refractivity contribution < 1.29 is 23.9 Å². The van der Waals surface area contributed by atoms with Crippen molar-refractivity contribution in [3.63, 3.8) is 0 Å².